The number of ether oxygens (including phenoxy) is 3. The first-order valence-electron chi connectivity index (χ1n) is 5.97. The summed E-state index contributed by atoms with van der Waals surface area (Å²) < 4.78 is 14.6. The number of carbonyl (C=O) groups is 3. The van der Waals surface area contributed by atoms with Crippen molar-refractivity contribution in [1.29, 1.82) is 0 Å². The first-order valence-corrected chi connectivity index (χ1v) is 5.97. The zero-order valence-corrected chi connectivity index (χ0v) is 11.7. The Hall–Kier alpha value is -2.77. The van der Waals surface area contributed by atoms with Crippen molar-refractivity contribution in [1.82, 2.24) is 10.9 Å². The van der Waals surface area contributed by atoms with Gasteiger partial charge in [-0.25, -0.2) is 0 Å². The lowest BCUT2D eigenvalue weighted by Crippen LogP contribution is -2.44. The van der Waals surface area contributed by atoms with Crippen LogP contribution in [0.1, 0.15) is 6.42 Å². The molecule has 0 heterocycles. The quantitative estimate of drug-likeness (QED) is 0.427. The highest BCUT2D eigenvalue weighted by Gasteiger charge is 2.11. The lowest BCUT2D eigenvalue weighted by Gasteiger charge is -2.10. The predicted molar refractivity (Wildman–Crippen MR) is 71.4 cm³/mol. The van der Waals surface area contributed by atoms with Crippen molar-refractivity contribution in [2.75, 3.05) is 20.8 Å². The molecule has 0 spiro atoms. The van der Waals surface area contributed by atoms with Gasteiger partial charge in [-0.3, -0.25) is 25.2 Å². The SMILES string of the molecule is COC(=O)CC(=O)NNC(=O)COc1ccccc1OC. The molecule has 0 atom stereocenters. The molecule has 8 heteroatoms. The first-order chi connectivity index (χ1) is 10.1. The fraction of sp³-hybridized carbons (Fsp3) is 0.308. The van der Waals surface area contributed by atoms with Gasteiger partial charge in [-0.1, -0.05) is 12.1 Å². The van der Waals surface area contributed by atoms with E-state index in [1.165, 1.54) is 7.11 Å². The van der Waals surface area contributed by atoms with Gasteiger partial charge in [-0.05, 0) is 12.1 Å². The Morgan fingerprint density at radius 3 is 2.24 bits per heavy atom. The summed E-state index contributed by atoms with van der Waals surface area (Å²) in [4.78, 5) is 33.5. The van der Waals surface area contributed by atoms with Crippen LogP contribution in [-0.4, -0.2) is 38.6 Å². The number of rotatable bonds is 6. The summed E-state index contributed by atoms with van der Waals surface area (Å²) in [5.41, 5.74) is 4.17. The Bertz CT molecular complexity index is 517. The van der Waals surface area contributed by atoms with Crippen molar-refractivity contribution < 1.29 is 28.6 Å². The number of hydrazine groups is 1. The lowest BCUT2D eigenvalue weighted by molar-refractivity contribution is -0.144. The fourth-order valence-electron chi connectivity index (χ4n) is 1.30. The minimum atomic E-state index is -0.702. The van der Waals surface area contributed by atoms with E-state index in [4.69, 9.17) is 9.47 Å². The molecular weight excluding hydrogens is 280 g/mol. The number of carbonyl (C=O) groups excluding carboxylic acids is 3. The zero-order valence-electron chi connectivity index (χ0n) is 11.7. The van der Waals surface area contributed by atoms with Crippen LogP contribution in [0.3, 0.4) is 0 Å². The van der Waals surface area contributed by atoms with Gasteiger partial charge in [0, 0.05) is 0 Å². The van der Waals surface area contributed by atoms with Crippen LogP contribution >= 0.6 is 0 Å². The third-order valence-corrected chi connectivity index (χ3v) is 2.30. The molecule has 21 heavy (non-hydrogen) atoms. The molecule has 1 aromatic rings. The molecule has 1 aromatic carbocycles. The summed E-state index contributed by atoms with van der Waals surface area (Å²) in [6.45, 7) is -0.321. The summed E-state index contributed by atoms with van der Waals surface area (Å²) in [6.07, 6.45) is -0.482. The average Bonchev–Trinajstić information content (AvgIpc) is 2.50. The van der Waals surface area contributed by atoms with Gasteiger partial charge >= 0.3 is 5.97 Å². The Labute approximate surface area is 121 Å². The number of benzene rings is 1. The zero-order chi connectivity index (χ0) is 15.7. The Morgan fingerprint density at radius 1 is 1.00 bits per heavy atom. The molecule has 0 saturated carbocycles. The number of amides is 2. The van der Waals surface area contributed by atoms with Crippen LogP contribution in [0.4, 0.5) is 0 Å². The number of methoxy groups -OCH3 is 2. The summed E-state index contributed by atoms with van der Waals surface area (Å²) in [7, 11) is 2.64. The third kappa shape index (κ3) is 5.81. The highest BCUT2D eigenvalue weighted by atomic mass is 16.5. The van der Waals surface area contributed by atoms with Crippen LogP contribution in [-0.2, 0) is 19.1 Å². The Kier molecular flexibility index (Phi) is 6.52. The highest BCUT2D eigenvalue weighted by molar-refractivity contribution is 5.95. The van der Waals surface area contributed by atoms with E-state index in [1.54, 1.807) is 24.3 Å². The van der Waals surface area contributed by atoms with E-state index in [0.717, 1.165) is 7.11 Å². The second-order valence-corrected chi connectivity index (χ2v) is 3.79. The maximum absolute atomic E-state index is 11.5. The van der Waals surface area contributed by atoms with E-state index >= 15 is 0 Å². The van der Waals surface area contributed by atoms with Crippen molar-refractivity contribution in [2.45, 2.75) is 6.42 Å². The average molecular weight is 296 g/mol. The van der Waals surface area contributed by atoms with E-state index in [0.29, 0.717) is 11.5 Å². The molecule has 2 N–H and O–H groups in total. The summed E-state index contributed by atoms with van der Waals surface area (Å²) in [5, 5.41) is 0. The van der Waals surface area contributed by atoms with Gasteiger partial charge in [0.1, 0.15) is 6.42 Å². The smallest absolute Gasteiger partial charge is 0.315 e. The van der Waals surface area contributed by atoms with Crippen LogP contribution in [0.15, 0.2) is 24.3 Å². The van der Waals surface area contributed by atoms with Crippen LogP contribution < -0.4 is 20.3 Å². The van der Waals surface area contributed by atoms with Crippen molar-refractivity contribution in [3.05, 3.63) is 24.3 Å². The summed E-state index contributed by atoms with van der Waals surface area (Å²) in [5.74, 6) is -1.09. The molecule has 0 fully saturated rings. The molecule has 2 amide bonds. The Morgan fingerprint density at radius 2 is 1.62 bits per heavy atom. The predicted octanol–water partition coefficient (Wildman–Crippen LogP) is -0.215. The van der Waals surface area contributed by atoms with E-state index in [1.807, 2.05) is 0 Å². The second-order valence-electron chi connectivity index (χ2n) is 3.79. The maximum Gasteiger partial charge on any atom is 0.315 e. The van der Waals surface area contributed by atoms with Crippen LogP contribution in [0.25, 0.3) is 0 Å². The lowest BCUT2D eigenvalue weighted by atomic mass is 10.3. The molecular formula is C13H16N2O6. The van der Waals surface area contributed by atoms with E-state index in [-0.39, 0.29) is 6.61 Å². The minimum Gasteiger partial charge on any atom is -0.493 e. The van der Waals surface area contributed by atoms with Gasteiger partial charge in [-0.2, -0.15) is 0 Å². The van der Waals surface area contributed by atoms with E-state index < -0.39 is 24.2 Å². The monoisotopic (exact) mass is 296 g/mol. The number of hydrogen-bond donors (Lipinski definition) is 2. The van der Waals surface area contributed by atoms with Crippen LogP contribution in [0, 0.1) is 0 Å². The molecule has 0 aliphatic rings. The molecule has 8 nitrogen and oxygen atoms in total. The molecule has 0 aromatic heterocycles. The standard InChI is InChI=1S/C13H16N2O6/c1-19-9-5-3-4-6-10(9)21-8-12(17)15-14-11(16)7-13(18)20-2/h3-6H,7-8H2,1-2H3,(H,14,16)(H,15,17). The van der Waals surface area contributed by atoms with Gasteiger partial charge < -0.3 is 14.2 Å². The normalized spacial score (nSPS) is 9.43. The minimum absolute atomic E-state index is 0.321. The first kappa shape index (κ1) is 16.3. The molecule has 0 saturated heterocycles. The molecule has 0 radical (unpaired) electrons. The third-order valence-electron chi connectivity index (χ3n) is 2.30. The number of para-hydroxylation sites is 2. The molecule has 0 bridgehead atoms. The molecule has 1 rings (SSSR count). The van der Waals surface area contributed by atoms with Gasteiger partial charge in [-0.15, -0.1) is 0 Å². The van der Waals surface area contributed by atoms with Crippen molar-refractivity contribution in [3.63, 3.8) is 0 Å². The second kappa shape index (κ2) is 8.41. The number of hydrogen-bond acceptors (Lipinski definition) is 6. The van der Waals surface area contributed by atoms with Crippen LogP contribution in [0.2, 0.25) is 0 Å². The van der Waals surface area contributed by atoms with E-state index in [9.17, 15) is 14.4 Å². The molecule has 0 unspecified atom stereocenters. The van der Waals surface area contributed by atoms with Crippen molar-refractivity contribution >= 4 is 17.8 Å². The number of esters is 1. The van der Waals surface area contributed by atoms with Gasteiger partial charge in [0.25, 0.3) is 5.91 Å². The fourth-order valence-corrected chi connectivity index (χ4v) is 1.30. The molecule has 114 valence electrons. The van der Waals surface area contributed by atoms with Crippen molar-refractivity contribution in [3.8, 4) is 11.5 Å². The van der Waals surface area contributed by atoms with Gasteiger partial charge in [0.05, 0.1) is 14.2 Å². The topological polar surface area (TPSA) is 103 Å². The number of nitrogens with one attached hydrogen (secondary N) is 2. The molecule has 0 aliphatic heterocycles. The highest BCUT2D eigenvalue weighted by Crippen LogP contribution is 2.25. The Balaban J connectivity index is 2.34. The van der Waals surface area contributed by atoms with Crippen LogP contribution in [0.5, 0.6) is 11.5 Å². The molecule has 0 aliphatic carbocycles. The van der Waals surface area contributed by atoms with Gasteiger partial charge in [0.2, 0.25) is 5.91 Å². The summed E-state index contributed by atoms with van der Waals surface area (Å²) in [6, 6.07) is 6.82. The van der Waals surface area contributed by atoms with E-state index in [2.05, 4.69) is 15.6 Å². The van der Waals surface area contributed by atoms with Gasteiger partial charge in [0.15, 0.2) is 18.1 Å². The summed E-state index contributed by atoms with van der Waals surface area (Å²) >= 11 is 0. The largest absolute Gasteiger partial charge is 0.493 e. The van der Waals surface area contributed by atoms with Crippen molar-refractivity contribution in [2.24, 2.45) is 0 Å². The maximum atomic E-state index is 11.5.